The molecule has 14 heavy (non-hydrogen) atoms. The molecule has 0 saturated carbocycles. The lowest BCUT2D eigenvalue weighted by Gasteiger charge is -2.34. The van der Waals surface area contributed by atoms with Crippen molar-refractivity contribution < 1.29 is 5.11 Å². The number of hydrogen-bond donors (Lipinski definition) is 1. The average molecular weight is 201 g/mol. The molecule has 0 aromatic rings. The number of rotatable bonds is 7. The minimum absolute atomic E-state index is 0.00431. The maximum absolute atomic E-state index is 9.64. The van der Waals surface area contributed by atoms with Crippen LogP contribution in [0.3, 0.4) is 0 Å². The van der Waals surface area contributed by atoms with Crippen LogP contribution in [0.1, 0.15) is 47.5 Å². The van der Waals surface area contributed by atoms with Crippen LogP contribution in [0.15, 0.2) is 0 Å². The van der Waals surface area contributed by atoms with Gasteiger partial charge in [0, 0.05) is 12.0 Å². The van der Waals surface area contributed by atoms with Crippen molar-refractivity contribution in [1.29, 1.82) is 0 Å². The Balaban J connectivity index is 4.12. The molecule has 0 aromatic carbocycles. The molecule has 0 rings (SSSR count). The second-order valence-corrected chi connectivity index (χ2v) is 4.94. The quantitative estimate of drug-likeness (QED) is 0.684. The Kier molecular flexibility index (Phi) is 6.38. The Labute approximate surface area is 89.3 Å². The summed E-state index contributed by atoms with van der Waals surface area (Å²) in [6, 6.07) is 0. The lowest BCUT2D eigenvalue weighted by molar-refractivity contribution is 0.0344. The second-order valence-electron chi connectivity index (χ2n) is 4.94. The predicted molar refractivity (Wildman–Crippen MR) is 62.5 cm³/mol. The van der Waals surface area contributed by atoms with Crippen LogP contribution in [0.4, 0.5) is 0 Å². The van der Waals surface area contributed by atoms with E-state index in [1.54, 1.807) is 0 Å². The minimum Gasteiger partial charge on any atom is -0.393 e. The standard InChI is InChI=1S/C12H27NO/c1-6-8-13(9-7-2)10-12(4,5)11(3)14/h11,14H,6-10H2,1-5H3. The zero-order valence-corrected chi connectivity index (χ0v) is 10.5. The SMILES string of the molecule is CCCN(CCC)CC(C)(C)C(C)O. The molecule has 0 saturated heterocycles. The summed E-state index contributed by atoms with van der Waals surface area (Å²) in [5, 5.41) is 9.64. The Morgan fingerprint density at radius 2 is 1.57 bits per heavy atom. The van der Waals surface area contributed by atoms with Crippen LogP contribution in [-0.2, 0) is 0 Å². The van der Waals surface area contributed by atoms with Crippen molar-refractivity contribution in [2.24, 2.45) is 5.41 Å². The topological polar surface area (TPSA) is 23.5 Å². The summed E-state index contributed by atoms with van der Waals surface area (Å²) in [6.45, 7) is 13.8. The maximum Gasteiger partial charge on any atom is 0.0575 e. The maximum atomic E-state index is 9.64. The van der Waals surface area contributed by atoms with Gasteiger partial charge in [0.05, 0.1) is 6.10 Å². The van der Waals surface area contributed by atoms with Gasteiger partial charge in [0.25, 0.3) is 0 Å². The molecule has 0 fully saturated rings. The van der Waals surface area contributed by atoms with Gasteiger partial charge in [0.1, 0.15) is 0 Å². The summed E-state index contributed by atoms with van der Waals surface area (Å²) in [5.41, 5.74) is 0.00431. The number of hydrogen-bond acceptors (Lipinski definition) is 2. The Bertz CT molecular complexity index is 137. The van der Waals surface area contributed by atoms with Gasteiger partial charge in [0.15, 0.2) is 0 Å². The third kappa shape index (κ3) is 4.97. The van der Waals surface area contributed by atoms with E-state index in [-0.39, 0.29) is 11.5 Å². The largest absolute Gasteiger partial charge is 0.393 e. The monoisotopic (exact) mass is 201 g/mol. The highest BCUT2D eigenvalue weighted by Crippen LogP contribution is 2.22. The van der Waals surface area contributed by atoms with E-state index < -0.39 is 0 Å². The molecule has 1 N–H and O–H groups in total. The molecule has 0 aliphatic rings. The van der Waals surface area contributed by atoms with Gasteiger partial charge in [0.2, 0.25) is 0 Å². The van der Waals surface area contributed by atoms with Crippen molar-refractivity contribution in [3.05, 3.63) is 0 Å². The molecule has 1 atom stereocenters. The van der Waals surface area contributed by atoms with Crippen LogP contribution in [-0.4, -0.2) is 35.7 Å². The fourth-order valence-corrected chi connectivity index (χ4v) is 1.61. The number of aliphatic hydroxyl groups excluding tert-OH is 1. The van der Waals surface area contributed by atoms with E-state index >= 15 is 0 Å². The highest BCUT2D eigenvalue weighted by atomic mass is 16.3. The minimum atomic E-state index is -0.237. The van der Waals surface area contributed by atoms with E-state index in [0.29, 0.717) is 0 Å². The molecule has 2 heteroatoms. The molecule has 1 unspecified atom stereocenters. The molecule has 0 radical (unpaired) electrons. The van der Waals surface area contributed by atoms with E-state index in [0.717, 1.165) is 19.6 Å². The molecular formula is C12H27NO. The van der Waals surface area contributed by atoms with Crippen LogP contribution in [0.5, 0.6) is 0 Å². The van der Waals surface area contributed by atoms with E-state index in [1.807, 2.05) is 6.92 Å². The fourth-order valence-electron chi connectivity index (χ4n) is 1.61. The van der Waals surface area contributed by atoms with Gasteiger partial charge in [-0.25, -0.2) is 0 Å². The third-order valence-corrected chi connectivity index (χ3v) is 2.84. The van der Waals surface area contributed by atoms with Gasteiger partial charge in [-0.1, -0.05) is 27.7 Å². The smallest absolute Gasteiger partial charge is 0.0575 e. The van der Waals surface area contributed by atoms with Crippen LogP contribution in [0.25, 0.3) is 0 Å². The average Bonchev–Trinajstić information content (AvgIpc) is 2.04. The Morgan fingerprint density at radius 3 is 1.86 bits per heavy atom. The number of nitrogens with zero attached hydrogens (tertiary/aromatic N) is 1. The summed E-state index contributed by atoms with van der Waals surface area (Å²) >= 11 is 0. The van der Waals surface area contributed by atoms with E-state index in [2.05, 4.69) is 32.6 Å². The van der Waals surface area contributed by atoms with E-state index in [9.17, 15) is 5.11 Å². The molecule has 0 aliphatic carbocycles. The molecule has 2 nitrogen and oxygen atoms in total. The van der Waals surface area contributed by atoms with Crippen molar-refractivity contribution >= 4 is 0 Å². The van der Waals surface area contributed by atoms with Crippen LogP contribution in [0.2, 0.25) is 0 Å². The second kappa shape index (κ2) is 6.41. The summed E-state index contributed by atoms with van der Waals surface area (Å²) < 4.78 is 0. The van der Waals surface area contributed by atoms with Crippen LogP contribution >= 0.6 is 0 Å². The first-order chi connectivity index (χ1) is 6.44. The zero-order valence-electron chi connectivity index (χ0n) is 10.5. The van der Waals surface area contributed by atoms with Crippen molar-refractivity contribution in [1.82, 2.24) is 4.90 Å². The highest BCUT2D eigenvalue weighted by Gasteiger charge is 2.26. The van der Waals surface area contributed by atoms with Gasteiger partial charge in [-0.2, -0.15) is 0 Å². The molecule has 0 heterocycles. The summed E-state index contributed by atoms with van der Waals surface area (Å²) in [4.78, 5) is 2.45. The van der Waals surface area contributed by atoms with Gasteiger partial charge < -0.3 is 10.0 Å². The fraction of sp³-hybridized carbons (Fsp3) is 1.00. The normalized spacial score (nSPS) is 14.8. The van der Waals surface area contributed by atoms with Gasteiger partial charge in [-0.15, -0.1) is 0 Å². The molecule has 0 amide bonds. The summed E-state index contributed by atoms with van der Waals surface area (Å²) in [5.74, 6) is 0. The lowest BCUT2D eigenvalue weighted by atomic mass is 9.87. The summed E-state index contributed by atoms with van der Waals surface area (Å²) in [6.07, 6.45) is 2.14. The first-order valence-corrected chi connectivity index (χ1v) is 5.84. The van der Waals surface area contributed by atoms with Crippen molar-refractivity contribution in [2.75, 3.05) is 19.6 Å². The van der Waals surface area contributed by atoms with Crippen LogP contribution < -0.4 is 0 Å². The highest BCUT2D eigenvalue weighted by molar-refractivity contribution is 4.78. The first-order valence-electron chi connectivity index (χ1n) is 5.84. The number of aliphatic hydroxyl groups is 1. The summed E-state index contributed by atoms with van der Waals surface area (Å²) in [7, 11) is 0. The first kappa shape index (κ1) is 13.9. The molecule has 0 aliphatic heterocycles. The van der Waals surface area contributed by atoms with Crippen molar-refractivity contribution in [3.8, 4) is 0 Å². The van der Waals surface area contributed by atoms with Crippen molar-refractivity contribution in [2.45, 2.75) is 53.6 Å². The van der Waals surface area contributed by atoms with Gasteiger partial charge >= 0.3 is 0 Å². The van der Waals surface area contributed by atoms with E-state index in [1.165, 1.54) is 12.8 Å². The molecule has 86 valence electrons. The zero-order chi connectivity index (χ0) is 11.2. The van der Waals surface area contributed by atoms with E-state index in [4.69, 9.17) is 0 Å². The predicted octanol–water partition coefficient (Wildman–Crippen LogP) is 2.52. The van der Waals surface area contributed by atoms with Crippen molar-refractivity contribution in [3.63, 3.8) is 0 Å². The van der Waals surface area contributed by atoms with Gasteiger partial charge in [-0.05, 0) is 32.9 Å². The molecular weight excluding hydrogens is 174 g/mol. The Morgan fingerprint density at radius 1 is 1.14 bits per heavy atom. The Hall–Kier alpha value is -0.0800. The molecule has 0 bridgehead atoms. The van der Waals surface area contributed by atoms with Crippen LogP contribution in [0, 0.1) is 5.41 Å². The van der Waals surface area contributed by atoms with Gasteiger partial charge in [-0.3, -0.25) is 0 Å². The molecule has 0 spiro atoms. The lowest BCUT2D eigenvalue weighted by Crippen LogP contribution is -2.41. The molecule has 0 aromatic heterocycles. The third-order valence-electron chi connectivity index (χ3n) is 2.84.